The molecule has 1 aromatic heterocycles. The molecule has 0 bridgehead atoms. The largest absolute Gasteiger partial charge is 0.363 e. The SMILES string of the molecule is CN(C)C(=O)C(c1ccc(-c2ccc3cccnc3c2)cc1F)N1CCC2(CC1)CN(C1CC1)C(=O)CO2. The molecule has 1 unspecified atom stereocenters. The molecule has 3 aromatic rings. The third-order valence-corrected chi connectivity index (χ3v) is 8.25. The van der Waals surface area contributed by atoms with Crippen LogP contribution in [0.4, 0.5) is 4.39 Å². The van der Waals surface area contributed by atoms with E-state index >= 15 is 4.39 Å². The van der Waals surface area contributed by atoms with Crippen LogP contribution >= 0.6 is 0 Å². The molecule has 7 nitrogen and oxygen atoms in total. The molecule has 3 aliphatic rings. The molecular weight excluding hydrogens is 483 g/mol. The highest BCUT2D eigenvalue weighted by molar-refractivity contribution is 5.85. The number of likely N-dealkylation sites (N-methyl/N-ethyl adjacent to an activating group) is 1. The summed E-state index contributed by atoms with van der Waals surface area (Å²) in [4.78, 5) is 35.7. The minimum Gasteiger partial charge on any atom is -0.363 e. The molecule has 8 heteroatoms. The van der Waals surface area contributed by atoms with Crippen molar-refractivity contribution in [2.24, 2.45) is 0 Å². The van der Waals surface area contributed by atoms with E-state index in [1.807, 2.05) is 41.3 Å². The molecule has 2 amide bonds. The predicted molar refractivity (Wildman–Crippen MR) is 143 cm³/mol. The summed E-state index contributed by atoms with van der Waals surface area (Å²) in [6.07, 6.45) is 5.28. The predicted octanol–water partition coefficient (Wildman–Crippen LogP) is 4.03. The molecule has 3 heterocycles. The molecule has 198 valence electrons. The van der Waals surface area contributed by atoms with Crippen molar-refractivity contribution in [1.82, 2.24) is 19.7 Å². The topological polar surface area (TPSA) is 66.0 Å². The summed E-state index contributed by atoms with van der Waals surface area (Å²) in [7, 11) is 3.41. The highest BCUT2D eigenvalue weighted by atomic mass is 19.1. The van der Waals surface area contributed by atoms with Crippen molar-refractivity contribution in [2.45, 2.75) is 43.4 Å². The second kappa shape index (κ2) is 9.75. The number of likely N-dealkylation sites (tertiary alicyclic amines) is 1. The van der Waals surface area contributed by atoms with E-state index in [1.165, 1.54) is 11.0 Å². The van der Waals surface area contributed by atoms with E-state index in [2.05, 4.69) is 9.88 Å². The van der Waals surface area contributed by atoms with E-state index in [4.69, 9.17) is 4.74 Å². The van der Waals surface area contributed by atoms with E-state index in [0.29, 0.717) is 44.1 Å². The maximum atomic E-state index is 15.7. The molecular formula is C30H33FN4O3. The van der Waals surface area contributed by atoms with Crippen LogP contribution in [-0.4, -0.2) is 83.5 Å². The van der Waals surface area contributed by atoms with Crippen LogP contribution in [0.2, 0.25) is 0 Å². The van der Waals surface area contributed by atoms with Crippen LogP contribution < -0.4 is 0 Å². The number of hydrogen-bond acceptors (Lipinski definition) is 5. The standard InChI is InChI=1S/C30H33FN4O3/c1-33(2)29(37)28(34-14-11-30(12-15-34)19-35(23-8-9-23)27(36)18-38-30)24-10-7-21(16-25(24)31)22-6-5-20-4-3-13-32-26(20)17-22/h3-7,10,13,16-17,23,28H,8-9,11-12,14-15,18-19H2,1-2H3. The zero-order valence-electron chi connectivity index (χ0n) is 21.9. The highest BCUT2D eigenvalue weighted by Gasteiger charge is 2.47. The van der Waals surface area contributed by atoms with Gasteiger partial charge in [0.05, 0.1) is 17.7 Å². The zero-order valence-corrected chi connectivity index (χ0v) is 21.9. The molecule has 1 spiro atoms. The zero-order chi connectivity index (χ0) is 26.4. The second-order valence-corrected chi connectivity index (χ2v) is 11.0. The Morgan fingerprint density at radius 2 is 1.84 bits per heavy atom. The monoisotopic (exact) mass is 516 g/mol. The number of hydrogen-bond donors (Lipinski definition) is 0. The van der Waals surface area contributed by atoms with Crippen LogP contribution in [0.1, 0.15) is 37.3 Å². The molecule has 0 N–H and O–H groups in total. The minimum atomic E-state index is -0.723. The van der Waals surface area contributed by atoms with Crippen LogP contribution in [0.5, 0.6) is 0 Å². The van der Waals surface area contributed by atoms with Crippen LogP contribution in [0, 0.1) is 5.82 Å². The number of aromatic nitrogens is 1. The van der Waals surface area contributed by atoms with E-state index < -0.39 is 11.9 Å². The van der Waals surface area contributed by atoms with E-state index in [0.717, 1.165) is 34.9 Å². The van der Waals surface area contributed by atoms with Gasteiger partial charge >= 0.3 is 0 Å². The van der Waals surface area contributed by atoms with Gasteiger partial charge in [-0.1, -0.05) is 30.3 Å². The molecule has 2 aliphatic heterocycles. The van der Waals surface area contributed by atoms with Crippen LogP contribution in [0.25, 0.3) is 22.0 Å². The summed E-state index contributed by atoms with van der Waals surface area (Å²) in [5, 5.41) is 1.03. The van der Waals surface area contributed by atoms with Crippen molar-refractivity contribution in [3.8, 4) is 11.1 Å². The van der Waals surface area contributed by atoms with Crippen molar-refractivity contribution in [2.75, 3.05) is 40.3 Å². The first kappa shape index (κ1) is 24.9. The van der Waals surface area contributed by atoms with Crippen molar-refractivity contribution in [1.29, 1.82) is 0 Å². The van der Waals surface area contributed by atoms with E-state index in [-0.39, 0.29) is 24.0 Å². The number of amides is 2. The molecule has 2 aromatic carbocycles. The lowest BCUT2D eigenvalue weighted by Gasteiger charge is -2.48. The number of benzene rings is 2. The lowest BCUT2D eigenvalue weighted by atomic mass is 9.87. The van der Waals surface area contributed by atoms with Crippen molar-refractivity contribution >= 4 is 22.7 Å². The Hall–Kier alpha value is -3.36. The van der Waals surface area contributed by atoms with E-state index in [1.54, 1.807) is 26.4 Å². The Kier molecular flexibility index (Phi) is 6.40. The summed E-state index contributed by atoms with van der Waals surface area (Å²) >= 11 is 0. The number of ether oxygens (including phenoxy) is 1. The number of pyridine rings is 1. The van der Waals surface area contributed by atoms with Gasteiger partial charge in [0.25, 0.3) is 0 Å². The summed E-state index contributed by atoms with van der Waals surface area (Å²) in [5.74, 6) is -0.476. The number of fused-ring (bicyclic) bond motifs is 1. The Bertz CT molecular complexity index is 1380. The van der Waals surface area contributed by atoms with Gasteiger partial charge in [-0.25, -0.2) is 4.39 Å². The highest BCUT2D eigenvalue weighted by Crippen LogP contribution is 2.39. The summed E-state index contributed by atoms with van der Waals surface area (Å²) < 4.78 is 21.8. The van der Waals surface area contributed by atoms with Gasteiger partial charge in [0.1, 0.15) is 18.5 Å². The van der Waals surface area contributed by atoms with Gasteiger partial charge in [0, 0.05) is 50.4 Å². The van der Waals surface area contributed by atoms with Crippen molar-refractivity contribution in [3.05, 3.63) is 66.1 Å². The first-order chi connectivity index (χ1) is 18.3. The quantitative estimate of drug-likeness (QED) is 0.513. The third-order valence-electron chi connectivity index (χ3n) is 8.25. The molecule has 1 atom stereocenters. The van der Waals surface area contributed by atoms with Crippen LogP contribution in [-0.2, 0) is 14.3 Å². The summed E-state index contributed by atoms with van der Waals surface area (Å²) in [5.41, 5.74) is 2.46. The van der Waals surface area contributed by atoms with Crippen LogP contribution in [0.3, 0.4) is 0 Å². The summed E-state index contributed by atoms with van der Waals surface area (Å²) in [6, 6.07) is 14.6. The number of carbonyl (C=O) groups excluding carboxylic acids is 2. The molecule has 0 radical (unpaired) electrons. The fourth-order valence-electron chi connectivity index (χ4n) is 5.86. The number of morpholine rings is 1. The third kappa shape index (κ3) is 4.67. The summed E-state index contributed by atoms with van der Waals surface area (Å²) in [6.45, 7) is 1.92. The van der Waals surface area contributed by atoms with Crippen LogP contribution in [0.15, 0.2) is 54.7 Å². The van der Waals surface area contributed by atoms with Gasteiger partial charge in [-0.3, -0.25) is 19.5 Å². The smallest absolute Gasteiger partial charge is 0.248 e. The average Bonchev–Trinajstić information content (AvgIpc) is 3.77. The van der Waals surface area contributed by atoms with Gasteiger partial charge in [0.15, 0.2) is 0 Å². The molecule has 1 aliphatic carbocycles. The van der Waals surface area contributed by atoms with E-state index in [9.17, 15) is 9.59 Å². The van der Waals surface area contributed by atoms with Gasteiger partial charge in [-0.15, -0.1) is 0 Å². The maximum Gasteiger partial charge on any atom is 0.248 e. The lowest BCUT2D eigenvalue weighted by molar-refractivity contribution is -0.174. The molecule has 2 saturated heterocycles. The Morgan fingerprint density at radius 1 is 1.11 bits per heavy atom. The van der Waals surface area contributed by atoms with Gasteiger partial charge in [0.2, 0.25) is 11.8 Å². The maximum absolute atomic E-state index is 15.7. The molecule has 38 heavy (non-hydrogen) atoms. The number of piperidine rings is 1. The number of halogens is 1. The Labute approximate surface area is 222 Å². The Morgan fingerprint density at radius 3 is 2.55 bits per heavy atom. The molecule has 1 saturated carbocycles. The Balaban J connectivity index is 1.24. The number of nitrogens with zero attached hydrogens (tertiary/aromatic N) is 4. The fourth-order valence-corrected chi connectivity index (χ4v) is 5.86. The number of carbonyl (C=O) groups is 2. The van der Waals surface area contributed by atoms with Gasteiger partial charge in [-0.05, 0) is 55.0 Å². The second-order valence-electron chi connectivity index (χ2n) is 11.0. The minimum absolute atomic E-state index is 0.0746. The first-order valence-corrected chi connectivity index (χ1v) is 13.4. The van der Waals surface area contributed by atoms with Crippen molar-refractivity contribution < 1.29 is 18.7 Å². The lowest BCUT2D eigenvalue weighted by Crippen LogP contribution is -2.60. The fraction of sp³-hybridized carbons (Fsp3) is 0.433. The van der Waals surface area contributed by atoms with Gasteiger partial charge < -0.3 is 14.5 Å². The average molecular weight is 517 g/mol. The van der Waals surface area contributed by atoms with Crippen molar-refractivity contribution in [3.63, 3.8) is 0 Å². The molecule has 3 fully saturated rings. The normalized spacial score (nSPS) is 20.6. The number of rotatable bonds is 5. The molecule has 6 rings (SSSR count). The van der Waals surface area contributed by atoms with Gasteiger partial charge in [-0.2, -0.15) is 0 Å². The first-order valence-electron chi connectivity index (χ1n) is 13.4.